The fourth-order valence-electron chi connectivity index (χ4n) is 2.54. The molecule has 0 atom stereocenters. The van der Waals surface area contributed by atoms with Gasteiger partial charge in [-0.3, -0.25) is 5.32 Å². The molecule has 2 heterocycles. The van der Waals surface area contributed by atoms with Gasteiger partial charge >= 0.3 is 6.09 Å². The highest BCUT2D eigenvalue weighted by molar-refractivity contribution is 5.83. The zero-order valence-electron chi connectivity index (χ0n) is 13.5. The minimum Gasteiger partial charge on any atom is -0.444 e. The minimum absolute atomic E-state index is 0.211. The Morgan fingerprint density at radius 2 is 2.00 bits per heavy atom. The topological polar surface area (TPSA) is 81.9 Å². The van der Waals surface area contributed by atoms with Crippen molar-refractivity contribution in [2.24, 2.45) is 0 Å². The molecule has 0 aliphatic heterocycles. The molecule has 4 rings (SSSR count). The minimum atomic E-state index is -0.544. The fourth-order valence-corrected chi connectivity index (χ4v) is 2.54. The average molecular weight is 335 g/mol. The molecule has 0 spiro atoms. The molecule has 1 aliphatic rings. The third-order valence-electron chi connectivity index (χ3n) is 3.93. The second kappa shape index (κ2) is 6.72. The van der Waals surface area contributed by atoms with Crippen LogP contribution in [0.2, 0.25) is 0 Å². The predicted molar refractivity (Wildman–Crippen MR) is 91.8 cm³/mol. The smallest absolute Gasteiger partial charge is 0.413 e. The lowest BCUT2D eigenvalue weighted by molar-refractivity contribution is 0.155. The van der Waals surface area contributed by atoms with E-state index in [1.165, 1.54) is 0 Å². The number of nitrogens with zero attached hydrogens (tertiary/aromatic N) is 4. The number of amides is 1. The summed E-state index contributed by atoms with van der Waals surface area (Å²) in [6.07, 6.45) is 3.45. The van der Waals surface area contributed by atoms with E-state index >= 15 is 0 Å². The van der Waals surface area contributed by atoms with Gasteiger partial charge in [-0.15, -0.1) is 10.2 Å². The van der Waals surface area contributed by atoms with Crippen molar-refractivity contribution >= 4 is 11.9 Å². The molecule has 1 N–H and O–H groups in total. The third kappa shape index (κ3) is 3.65. The fraction of sp³-hybridized carbons (Fsp3) is 0.222. The lowest BCUT2D eigenvalue weighted by Crippen LogP contribution is -2.14. The number of aromatic nitrogens is 4. The maximum absolute atomic E-state index is 12.0. The molecular formula is C18H17N5O2. The molecule has 1 aromatic carbocycles. The van der Waals surface area contributed by atoms with Crippen molar-refractivity contribution < 1.29 is 9.53 Å². The van der Waals surface area contributed by atoms with Crippen LogP contribution in [0, 0.1) is 0 Å². The van der Waals surface area contributed by atoms with Crippen molar-refractivity contribution in [2.45, 2.75) is 25.5 Å². The van der Waals surface area contributed by atoms with Crippen LogP contribution >= 0.6 is 0 Å². The number of carbonyl (C=O) groups excluding carboxylic acids is 1. The molecule has 7 heteroatoms. The van der Waals surface area contributed by atoms with E-state index in [-0.39, 0.29) is 6.61 Å². The van der Waals surface area contributed by atoms with E-state index in [2.05, 4.69) is 20.5 Å². The number of pyridine rings is 1. The third-order valence-corrected chi connectivity index (χ3v) is 3.93. The van der Waals surface area contributed by atoms with Gasteiger partial charge in [0.25, 0.3) is 0 Å². The molecule has 0 radical (unpaired) electrons. The number of carbonyl (C=O) groups is 1. The zero-order valence-corrected chi connectivity index (χ0v) is 13.5. The van der Waals surface area contributed by atoms with Gasteiger partial charge in [0, 0.05) is 6.04 Å². The van der Waals surface area contributed by atoms with Gasteiger partial charge < -0.3 is 9.30 Å². The quantitative estimate of drug-likeness (QED) is 0.772. The van der Waals surface area contributed by atoms with Crippen LogP contribution in [-0.4, -0.2) is 25.8 Å². The van der Waals surface area contributed by atoms with Gasteiger partial charge in [-0.25, -0.2) is 9.78 Å². The van der Waals surface area contributed by atoms with E-state index in [0.717, 1.165) is 18.4 Å². The van der Waals surface area contributed by atoms with Crippen molar-refractivity contribution in [3.63, 3.8) is 0 Å². The highest BCUT2D eigenvalue weighted by Gasteiger charge is 2.27. The summed E-state index contributed by atoms with van der Waals surface area (Å²) >= 11 is 0. The van der Waals surface area contributed by atoms with Crippen molar-refractivity contribution in [1.82, 2.24) is 19.7 Å². The number of ether oxygens (including phenoxy) is 1. The Morgan fingerprint density at radius 3 is 2.80 bits per heavy atom. The Hall–Kier alpha value is -3.22. The normalized spacial score (nSPS) is 13.4. The molecule has 0 unspecified atom stereocenters. The lowest BCUT2D eigenvalue weighted by Gasteiger charge is -2.08. The Labute approximate surface area is 144 Å². The van der Waals surface area contributed by atoms with E-state index in [1.807, 2.05) is 47.0 Å². The van der Waals surface area contributed by atoms with Crippen LogP contribution in [0.5, 0.6) is 0 Å². The summed E-state index contributed by atoms with van der Waals surface area (Å²) in [7, 11) is 0. The van der Waals surface area contributed by atoms with Crippen LogP contribution in [-0.2, 0) is 11.3 Å². The van der Waals surface area contributed by atoms with Crippen LogP contribution in [0.25, 0.3) is 11.5 Å². The summed E-state index contributed by atoms with van der Waals surface area (Å²) in [6, 6.07) is 15.4. The van der Waals surface area contributed by atoms with E-state index in [4.69, 9.17) is 4.74 Å². The maximum atomic E-state index is 12.0. The molecule has 1 amide bonds. The van der Waals surface area contributed by atoms with Crippen LogP contribution in [0.1, 0.15) is 24.4 Å². The number of nitrogens with one attached hydrogen (secondary N) is 1. The van der Waals surface area contributed by atoms with Gasteiger partial charge in [0.2, 0.25) is 0 Å². The summed E-state index contributed by atoms with van der Waals surface area (Å²) in [5.74, 6) is 1.13. The summed E-state index contributed by atoms with van der Waals surface area (Å²) in [5, 5.41) is 10.8. The summed E-state index contributed by atoms with van der Waals surface area (Å²) in [6.45, 7) is 0.211. The second-order valence-electron chi connectivity index (χ2n) is 5.89. The van der Waals surface area contributed by atoms with Gasteiger partial charge in [0.15, 0.2) is 5.82 Å². The van der Waals surface area contributed by atoms with Crippen molar-refractivity contribution in [3.8, 4) is 11.5 Å². The van der Waals surface area contributed by atoms with E-state index in [1.54, 1.807) is 12.4 Å². The summed E-state index contributed by atoms with van der Waals surface area (Å²) < 4.78 is 7.24. The van der Waals surface area contributed by atoms with Crippen molar-refractivity contribution in [1.29, 1.82) is 0 Å². The first-order valence-electron chi connectivity index (χ1n) is 8.14. The summed E-state index contributed by atoms with van der Waals surface area (Å²) in [4.78, 5) is 16.4. The SMILES string of the molecule is O=C(Nc1cccc(-c2nncn2C2CC2)n1)OCc1ccccc1. The van der Waals surface area contributed by atoms with Crippen LogP contribution < -0.4 is 5.32 Å². The Kier molecular flexibility index (Phi) is 4.12. The molecule has 0 saturated heterocycles. The largest absolute Gasteiger partial charge is 0.444 e. The molecule has 1 saturated carbocycles. The van der Waals surface area contributed by atoms with Gasteiger partial charge in [-0.2, -0.15) is 0 Å². The van der Waals surface area contributed by atoms with Crippen LogP contribution in [0.3, 0.4) is 0 Å². The van der Waals surface area contributed by atoms with Crippen LogP contribution in [0.15, 0.2) is 54.9 Å². The number of hydrogen-bond donors (Lipinski definition) is 1. The molecule has 0 bridgehead atoms. The number of benzene rings is 1. The van der Waals surface area contributed by atoms with Crippen LogP contribution in [0.4, 0.5) is 10.6 Å². The first-order valence-corrected chi connectivity index (χ1v) is 8.14. The van der Waals surface area contributed by atoms with Crippen molar-refractivity contribution in [2.75, 3.05) is 5.32 Å². The Bertz CT molecular complexity index is 874. The monoisotopic (exact) mass is 335 g/mol. The molecule has 3 aromatic rings. The van der Waals surface area contributed by atoms with E-state index in [9.17, 15) is 4.79 Å². The average Bonchev–Trinajstić information content (AvgIpc) is 3.37. The Morgan fingerprint density at radius 1 is 1.16 bits per heavy atom. The molecule has 25 heavy (non-hydrogen) atoms. The molecule has 1 fully saturated rings. The van der Waals surface area contributed by atoms with Gasteiger partial charge in [-0.05, 0) is 30.5 Å². The van der Waals surface area contributed by atoms with Gasteiger partial charge in [0.1, 0.15) is 24.4 Å². The first-order chi connectivity index (χ1) is 12.3. The molecule has 126 valence electrons. The molecule has 7 nitrogen and oxygen atoms in total. The zero-order chi connectivity index (χ0) is 17.1. The predicted octanol–water partition coefficient (Wildman–Crippen LogP) is 3.42. The highest BCUT2D eigenvalue weighted by Crippen LogP contribution is 2.37. The summed E-state index contributed by atoms with van der Waals surface area (Å²) in [5.41, 5.74) is 1.60. The maximum Gasteiger partial charge on any atom is 0.413 e. The highest BCUT2D eigenvalue weighted by atomic mass is 16.5. The number of anilines is 1. The van der Waals surface area contributed by atoms with Gasteiger partial charge in [0.05, 0.1) is 0 Å². The lowest BCUT2D eigenvalue weighted by atomic mass is 10.2. The number of hydrogen-bond acceptors (Lipinski definition) is 5. The second-order valence-corrected chi connectivity index (χ2v) is 5.89. The Balaban J connectivity index is 1.42. The first kappa shape index (κ1) is 15.3. The molecular weight excluding hydrogens is 318 g/mol. The standard InChI is InChI=1S/C18H17N5O2/c24-18(25-11-13-5-2-1-3-6-13)21-16-8-4-7-15(20-16)17-22-19-12-23(17)14-9-10-14/h1-8,12,14H,9-11H2,(H,20,21,24). The van der Waals surface area contributed by atoms with Crippen molar-refractivity contribution in [3.05, 3.63) is 60.4 Å². The molecule has 1 aliphatic carbocycles. The molecule has 2 aromatic heterocycles. The van der Waals surface area contributed by atoms with E-state index in [0.29, 0.717) is 23.4 Å². The number of rotatable bonds is 5. The van der Waals surface area contributed by atoms with E-state index < -0.39 is 6.09 Å². The van der Waals surface area contributed by atoms with Gasteiger partial charge in [-0.1, -0.05) is 36.4 Å².